The third-order valence-corrected chi connectivity index (χ3v) is 4.89. The lowest BCUT2D eigenvalue weighted by atomic mass is 9.83. The number of hydrogen-bond donors (Lipinski definition) is 2. The molecule has 2 amide bonds. The van der Waals surface area contributed by atoms with Gasteiger partial charge in [0, 0.05) is 22.1 Å². The average Bonchev–Trinajstić information content (AvgIpc) is 2.25. The molecule has 0 bridgehead atoms. The van der Waals surface area contributed by atoms with Crippen LogP contribution in [0, 0.1) is 5.92 Å². The largest absolute Gasteiger partial charge is 0.350 e. The van der Waals surface area contributed by atoms with Crippen molar-refractivity contribution in [3.63, 3.8) is 0 Å². The van der Waals surface area contributed by atoms with E-state index < -0.39 is 6.03 Å². The number of carbonyl (C=O) groups is 1. The van der Waals surface area contributed by atoms with Crippen LogP contribution < -0.4 is 11.2 Å². The lowest BCUT2D eigenvalue weighted by Crippen LogP contribution is -2.38. The maximum atomic E-state index is 10.7. The quantitative estimate of drug-likeness (QED) is 0.690. The fourth-order valence-corrected chi connectivity index (χ4v) is 4.34. The van der Waals surface area contributed by atoms with Crippen LogP contribution in [-0.2, 0) is 0 Å². The molecule has 2 rings (SSSR count). The van der Waals surface area contributed by atoms with Gasteiger partial charge in [0.1, 0.15) is 0 Å². The molecule has 1 heterocycles. The van der Waals surface area contributed by atoms with Gasteiger partial charge in [-0.1, -0.05) is 19.8 Å². The van der Waals surface area contributed by atoms with Crippen molar-refractivity contribution in [2.45, 2.75) is 49.5 Å². The molecule has 16 heavy (non-hydrogen) atoms. The molecular weight excluding hydrogens is 222 g/mol. The van der Waals surface area contributed by atoms with Gasteiger partial charge in [-0.25, -0.2) is 10.2 Å². The number of thioether (sulfide) groups is 1. The third-order valence-electron chi connectivity index (χ3n) is 3.34. The summed E-state index contributed by atoms with van der Waals surface area (Å²) in [5.41, 5.74) is 8.58. The van der Waals surface area contributed by atoms with Crippen LogP contribution in [0.4, 0.5) is 4.79 Å². The lowest BCUT2D eigenvalue weighted by molar-refractivity contribution is 0.249. The van der Waals surface area contributed by atoms with Crippen molar-refractivity contribution in [1.29, 1.82) is 0 Å². The monoisotopic (exact) mass is 241 g/mol. The standard InChI is InChI=1S/C11H19N3OS/c1-7-6-9(13-14-11(12)15)8-4-2-3-5-10(8)16-7/h7-8,10H,2-6H2,1H3,(H3,12,14,15)/b13-9-/t7-,8-,10+/m1/s1. The summed E-state index contributed by atoms with van der Waals surface area (Å²) in [6, 6.07) is -0.564. The maximum absolute atomic E-state index is 10.7. The van der Waals surface area contributed by atoms with E-state index in [2.05, 4.69) is 29.2 Å². The first-order valence-corrected chi connectivity index (χ1v) is 6.88. The Balaban J connectivity index is 2.08. The molecule has 5 heteroatoms. The number of fused-ring (bicyclic) bond motifs is 1. The summed E-state index contributed by atoms with van der Waals surface area (Å²) < 4.78 is 0. The van der Waals surface area contributed by atoms with Gasteiger partial charge in [0.05, 0.1) is 0 Å². The Morgan fingerprint density at radius 2 is 2.25 bits per heavy atom. The molecule has 1 saturated carbocycles. The summed E-state index contributed by atoms with van der Waals surface area (Å²) in [7, 11) is 0. The van der Waals surface area contributed by atoms with Crippen LogP contribution >= 0.6 is 11.8 Å². The van der Waals surface area contributed by atoms with E-state index in [9.17, 15) is 4.79 Å². The van der Waals surface area contributed by atoms with Gasteiger partial charge in [0.2, 0.25) is 0 Å². The van der Waals surface area contributed by atoms with Crippen molar-refractivity contribution in [2.24, 2.45) is 16.8 Å². The van der Waals surface area contributed by atoms with E-state index in [0.29, 0.717) is 16.4 Å². The molecule has 1 saturated heterocycles. The minimum absolute atomic E-state index is 0.557. The highest BCUT2D eigenvalue weighted by atomic mass is 32.2. The number of nitrogens with zero attached hydrogens (tertiary/aromatic N) is 1. The molecule has 0 aromatic heterocycles. The number of hydrazone groups is 1. The van der Waals surface area contributed by atoms with Crippen LogP contribution in [0.2, 0.25) is 0 Å². The zero-order valence-corrected chi connectivity index (χ0v) is 10.4. The molecule has 3 N–H and O–H groups in total. The molecule has 90 valence electrons. The summed E-state index contributed by atoms with van der Waals surface area (Å²) >= 11 is 2.08. The molecule has 4 nitrogen and oxygen atoms in total. The Kier molecular flexibility index (Phi) is 3.74. The smallest absolute Gasteiger partial charge is 0.332 e. The molecule has 1 aliphatic carbocycles. The Hall–Kier alpha value is -0.710. The minimum Gasteiger partial charge on any atom is -0.350 e. The minimum atomic E-state index is -0.564. The number of nitrogens with one attached hydrogen (secondary N) is 1. The fraction of sp³-hybridized carbons (Fsp3) is 0.818. The van der Waals surface area contributed by atoms with Crippen LogP contribution in [0.25, 0.3) is 0 Å². The zero-order chi connectivity index (χ0) is 11.5. The molecule has 0 unspecified atom stereocenters. The predicted octanol–water partition coefficient (Wildman–Crippen LogP) is 2.09. The lowest BCUT2D eigenvalue weighted by Gasteiger charge is -2.38. The van der Waals surface area contributed by atoms with Gasteiger partial charge in [-0.2, -0.15) is 16.9 Å². The first kappa shape index (κ1) is 11.8. The highest BCUT2D eigenvalue weighted by Gasteiger charge is 2.35. The Bertz CT molecular complexity index is 306. The second-order valence-electron chi connectivity index (χ2n) is 4.66. The van der Waals surface area contributed by atoms with Gasteiger partial charge < -0.3 is 5.73 Å². The number of primary amides is 1. The number of carbonyl (C=O) groups excluding carboxylic acids is 1. The van der Waals surface area contributed by atoms with Crippen molar-refractivity contribution in [1.82, 2.24) is 5.43 Å². The summed E-state index contributed by atoms with van der Waals surface area (Å²) in [6.45, 7) is 2.23. The van der Waals surface area contributed by atoms with Crippen molar-refractivity contribution in [2.75, 3.05) is 0 Å². The SMILES string of the molecule is C[C@@H]1C/C(=N/NC(N)=O)[C@H]2CCCC[C@@H]2S1. The first-order chi connectivity index (χ1) is 7.66. The van der Waals surface area contributed by atoms with Crippen molar-refractivity contribution in [3.8, 4) is 0 Å². The van der Waals surface area contributed by atoms with Gasteiger partial charge in [-0.15, -0.1) is 0 Å². The van der Waals surface area contributed by atoms with Gasteiger partial charge in [0.15, 0.2) is 0 Å². The number of urea groups is 1. The van der Waals surface area contributed by atoms with Crippen LogP contribution in [0.15, 0.2) is 5.10 Å². The van der Waals surface area contributed by atoms with Crippen LogP contribution in [0.3, 0.4) is 0 Å². The van der Waals surface area contributed by atoms with Crippen LogP contribution in [0.5, 0.6) is 0 Å². The molecule has 1 aliphatic heterocycles. The van der Waals surface area contributed by atoms with E-state index in [-0.39, 0.29) is 0 Å². The Morgan fingerprint density at radius 3 is 3.00 bits per heavy atom. The maximum Gasteiger partial charge on any atom is 0.332 e. The number of amides is 2. The molecular formula is C11H19N3OS. The van der Waals surface area contributed by atoms with Gasteiger partial charge in [-0.3, -0.25) is 0 Å². The second-order valence-corrected chi connectivity index (χ2v) is 6.34. The van der Waals surface area contributed by atoms with E-state index in [4.69, 9.17) is 5.73 Å². The van der Waals surface area contributed by atoms with E-state index in [1.165, 1.54) is 25.7 Å². The molecule has 0 radical (unpaired) electrons. The third kappa shape index (κ3) is 2.70. The Labute approximate surface area is 100 Å². The van der Waals surface area contributed by atoms with E-state index in [1.807, 2.05) is 0 Å². The molecule has 2 fully saturated rings. The topological polar surface area (TPSA) is 67.5 Å². The number of nitrogens with two attached hydrogens (primary N) is 1. The van der Waals surface area contributed by atoms with E-state index in [1.54, 1.807) is 0 Å². The fourth-order valence-electron chi connectivity index (χ4n) is 2.69. The molecule has 0 aromatic carbocycles. The van der Waals surface area contributed by atoms with E-state index >= 15 is 0 Å². The van der Waals surface area contributed by atoms with Gasteiger partial charge in [0.25, 0.3) is 0 Å². The van der Waals surface area contributed by atoms with Crippen LogP contribution in [0.1, 0.15) is 39.0 Å². The predicted molar refractivity (Wildman–Crippen MR) is 67.6 cm³/mol. The highest BCUT2D eigenvalue weighted by Crippen LogP contribution is 2.42. The normalized spacial score (nSPS) is 36.8. The van der Waals surface area contributed by atoms with E-state index in [0.717, 1.165) is 12.1 Å². The molecule has 2 aliphatic rings. The molecule has 0 aromatic rings. The molecule has 3 atom stereocenters. The van der Waals surface area contributed by atoms with Crippen molar-refractivity contribution < 1.29 is 4.79 Å². The number of rotatable bonds is 1. The highest BCUT2D eigenvalue weighted by molar-refractivity contribution is 8.00. The Morgan fingerprint density at radius 1 is 1.50 bits per heavy atom. The summed E-state index contributed by atoms with van der Waals surface area (Å²) in [6.07, 6.45) is 6.09. The number of hydrogen-bond acceptors (Lipinski definition) is 3. The molecule has 0 spiro atoms. The van der Waals surface area contributed by atoms with Gasteiger partial charge >= 0.3 is 6.03 Å². The average molecular weight is 241 g/mol. The zero-order valence-electron chi connectivity index (χ0n) is 9.61. The van der Waals surface area contributed by atoms with Crippen molar-refractivity contribution in [3.05, 3.63) is 0 Å². The van der Waals surface area contributed by atoms with Gasteiger partial charge in [-0.05, 0) is 19.3 Å². The summed E-state index contributed by atoms with van der Waals surface area (Å²) in [4.78, 5) is 10.7. The summed E-state index contributed by atoms with van der Waals surface area (Å²) in [5, 5.41) is 5.50. The van der Waals surface area contributed by atoms with Crippen LogP contribution in [-0.4, -0.2) is 22.2 Å². The first-order valence-electron chi connectivity index (χ1n) is 5.94. The van der Waals surface area contributed by atoms with Crippen molar-refractivity contribution >= 4 is 23.5 Å². The second kappa shape index (κ2) is 5.08. The summed E-state index contributed by atoms with van der Waals surface area (Å²) in [5.74, 6) is 0.557.